The number of benzene rings is 2. The fourth-order valence-electron chi connectivity index (χ4n) is 2.92. The molecule has 0 bridgehead atoms. The van der Waals surface area contributed by atoms with Crippen LogP contribution in [0.4, 0.5) is 17.1 Å². The first-order valence-electron chi connectivity index (χ1n) is 8.18. The fraction of sp³-hybridized carbons (Fsp3) is 0.263. The minimum atomic E-state index is -0.404. The first-order chi connectivity index (χ1) is 11.9. The molecule has 130 valence electrons. The quantitative estimate of drug-likeness (QED) is 0.877. The Hall–Kier alpha value is -2.53. The van der Waals surface area contributed by atoms with Crippen molar-refractivity contribution in [2.45, 2.75) is 26.3 Å². The Balaban J connectivity index is 1.65. The molecule has 0 aliphatic carbocycles. The smallest absolute Gasteiger partial charge is 0.246 e. The van der Waals surface area contributed by atoms with Crippen molar-refractivity contribution >= 4 is 40.5 Å². The summed E-state index contributed by atoms with van der Waals surface area (Å²) >= 11 is 5.84. The molecule has 6 heteroatoms. The molecular weight excluding hydrogens is 338 g/mol. The van der Waals surface area contributed by atoms with E-state index in [-0.39, 0.29) is 11.8 Å². The van der Waals surface area contributed by atoms with Gasteiger partial charge in [0.1, 0.15) is 6.04 Å². The lowest BCUT2D eigenvalue weighted by atomic mass is 10.1. The van der Waals surface area contributed by atoms with Crippen LogP contribution in [0.1, 0.15) is 19.4 Å². The van der Waals surface area contributed by atoms with Crippen molar-refractivity contribution in [1.29, 1.82) is 0 Å². The number of carbonyl (C=O) groups is 2. The van der Waals surface area contributed by atoms with Crippen LogP contribution in [-0.2, 0) is 16.0 Å². The van der Waals surface area contributed by atoms with Crippen LogP contribution in [-0.4, -0.2) is 24.4 Å². The third-order valence-corrected chi connectivity index (χ3v) is 4.50. The summed E-state index contributed by atoms with van der Waals surface area (Å²) in [7, 11) is 0. The van der Waals surface area contributed by atoms with E-state index in [1.807, 2.05) is 18.2 Å². The lowest BCUT2D eigenvalue weighted by molar-refractivity contribution is -0.117. The van der Waals surface area contributed by atoms with Crippen LogP contribution in [0.2, 0.25) is 5.02 Å². The first-order valence-corrected chi connectivity index (χ1v) is 8.56. The second-order valence-corrected chi connectivity index (χ2v) is 6.56. The highest BCUT2D eigenvalue weighted by molar-refractivity contribution is 6.30. The molecule has 1 atom stereocenters. The Morgan fingerprint density at radius 2 is 1.80 bits per heavy atom. The molecule has 25 heavy (non-hydrogen) atoms. The zero-order valence-corrected chi connectivity index (χ0v) is 14.9. The van der Waals surface area contributed by atoms with Crippen LogP contribution in [0.3, 0.4) is 0 Å². The van der Waals surface area contributed by atoms with Crippen LogP contribution in [0.5, 0.6) is 0 Å². The van der Waals surface area contributed by atoms with Gasteiger partial charge in [0.2, 0.25) is 11.8 Å². The van der Waals surface area contributed by atoms with E-state index in [0.29, 0.717) is 17.3 Å². The molecule has 0 radical (unpaired) electrons. The van der Waals surface area contributed by atoms with E-state index in [0.717, 1.165) is 23.4 Å². The molecule has 2 aromatic rings. The summed E-state index contributed by atoms with van der Waals surface area (Å²) in [6.07, 6.45) is 0.829. The number of fused-ring (bicyclic) bond motifs is 1. The first kappa shape index (κ1) is 17.3. The number of nitrogens with zero attached hydrogens (tertiary/aromatic N) is 1. The van der Waals surface area contributed by atoms with Crippen LogP contribution < -0.4 is 15.5 Å². The second-order valence-electron chi connectivity index (χ2n) is 6.13. The maximum atomic E-state index is 12.3. The van der Waals surface area contributed by atoms with Gasteiger partial charge in [0.15, 0.2) is 0 Å². The maximum absolute atomic E-state index is 12.3. The number of amides is 2. The summed E-state index contributed by atoms with van der Waals surface area (Å²) < 4.78 is 0. The SMILES string of the molecule is CC(=O)N1CCc2cc(N[C@H](C)C(=O)Nc3ccc(Cl)cc3)ccc21. The van der Waals surface area contributed by atoms with E-state index >= 15 is 0 Å². The Labute approximate surface area is 152 Å². The van der Waals surface area contributed by atoms with Crippen molar-refractivity contribution in [3.63, 3.8) is 0 Å². The van der Waals surface area contributed by atoms with Crippen molar-refractivity contribution in [2.24, 2.45) is 0 Å². The Morgan fingerprint density at radius 3 is 2.48 bits per heavy atom. The Bertz CT molecular complexity index is 805. The average Bonchev–Trinajstić information content (AvgIpc) is 3.00. The molecule has 2 N–H and O–H groups in total. The van der Waals surface area contributed by atoms with Gasteiger partial charge in [-0.2, -0.15) is 0 Å². The molecule has 5 nitrogen and oxygen atoms in total. The molecule has 0 unspecified atom stereocenters. The predicted octanol–water partition coefficient (Wildman–Crippen LogP) is 3.69. The Morgan fingerprint density at radius 1 is 1.12 bits per heavy atom. The van der Waals surface area contributed by atoms with Crippen LogP contribution in [0.25, 0.3) is 0 Å². The average molecular weight is 358 g/mol. The van der Waals surface area contributed by atoms with E-state index in [1.165, 1.54) is 0 Å². The molecular formula is C19H20ClN3O2. The van der Waals surface area contributed by atoms with Crippen LogP contribution in [0.15, 0.2) is 42.5 Å². The lowest BCUT2D eigenvalue weighted by Crippen LogP contribution is -2.31. The van der Waals surface area contributed by atoms with Crippen molar-refractivity contribution in [1.82, 2.24) is 0 Å². The van der Waals surface area contributed by atoms with E-state index in [2.05, 4.69) is 10.6 Å². The van der Waals surface area contributed by atoms with Gasteiger partial charge >= 0.3 is 0 Å². The summed E-state index contributed by atoms with van der Waals surface area (Å²) in [6.45, 7) is 4.09. The predicted molar refractivity (Wildman–Crippen MR) is 101 cm³/mol. The number of carbonyl (C=O) groups excluding carboxylic acids is 2. The zero-order valence-electron chi connectivity index (χ0n) is 14.2. The van der Waals surface area contributed by atoms with Crippen molar-refractivity contribution in [2.75, 3.05) is 22.1 Å². The molecule has 0 fully saturated rings. The normalized spacial score (nSPS) is 14.0. The van der Waals surface area contributed by atoms with Gasteiger partial charge < -0.3 is 15.5 Å². The highest BCUT2D eigenvalue weighted by Gasteiger charge is 2.22. The summed E-state index contributed by atoms with van der Waals surface area (Å²) in [5.74, 6) is -0.0802. The summed E-state index contributed by atoms with van der Waals surface area (Å²) in [5, 5.41) is 6.68. The van der Waals surface area contributed by atoms with Gasteiger partial charge in [-0.25, -0.2) is 0 Å². The van der Waals surface area contributed by atoms with Gasteiger partial charge in [0.25, 0.3) is 0 Å². The molecule has 1 aliphatic heterocycles. The monoisotopic (exact) mass is 357 g/mol. The molecule has 0 aromatic heterocycles. The van der Waals surface area contributed by atoms with Crippen molar-refractivity contribution in [3.8, 4) is 0 Å². The molecule has 2 aromatic carbocycles. The van der Waals surface area contributed by atoms with Gasteiger partial charge in [-0.05, 0) is 61.4 Å². The van der Waals surface area contributed by atoms with E-state index in [4.69, 9.17) is 11.6 Å². The second kappa shape index (κ2) is 7.15. The highest BCUT2D eigenvalue weighted by atomic mass is 35.5. The van der Waals surface area contributed by atoms with E-state index < -0.39 is 6.04 Å². The largest absolute Gasteiger partial charge is 0.374 e. The van der Waals surface area contributed by atoms with Gasteiger partial charge in [-0.3, -0.25) is 9.59 Å². The topological polar surface area (TPSA) is 61.4 Å². The fourth-order valence-corrected chi connectivity index (χ4v) is 3.04. The number of hydrogen-bond donors (Lipinski definition) is 2. The molecule has 0 spiro atoms. The zero-order chi connectivity index (χ0) is 18.0. The van der Waals surface area contributed by atoms with Crippen molar-refractivity contribution < 1.29 is 9.59 Å². The Kier molecular flexibility index (Phi) is 4.95. The van der Waals surface area contributed by atoms with Gasteiger partial charge in [-0.15, -0.1) is 0 Å². The van der Waals surface area contributed by atoms with Crippen LogP contribution >= 0.6 is 11.6 Å². The molecule has 0 saturated carbocycles. The molecule has 3 rings (SSSR count). The molecule has 0 saturated heterocycles. The number of hydrogen-bond acceptors (Lipinski definition) is 3. The summed E-state index contributed by atoms with van der Waals surface area (Å²) in [5.41, 5.74) is 3.64. The van der Waals surface area contributed by atoms with E-state index in [1.54, 1.807) is 43.0 Å². The minimum absolute atomic E-state index is 0.0511. The highest BCUT2D eigenvalue weighted by Crippen LogP contribution is 2.30. The summed E-state index contributed by atoms with van der Waals surface area (Å²) in [6, 6.07) is 12.4. The van der Waals surface area contributed by atoms with Gasteiger partial charge in [0.05, 0.1) is 0 Å². The van der Waals surface area contributed by atoms with Gasteiger partial charge in [-0.1, -0.05) is 11.6 Å². The standard InChI is InChI=1S/C19H20ClN3O2/c1-12(19(25)22-16-5-3-15(20)4-6-16)21-17-7-8-18-14(11-17)9-10-23(18)13(2)24/h3-8,11-12,21H,9-10H2,1-2H3,(H,22,25)/t12-/m1/s1. The minimum Gasteiger partial charge on any atom is -0.374 e. The third kappa shape index (κ3) is 3.94. The van der Waals surface area contributed by atoms with Gasteiger partial charge in [0, 0.05) is 35.6 Å². The number of halogens is 1. The van der Waals surface area contributed by atoms with Crippen molar-refractivity contribution in [3.05, 3.63) is 53.1 Å². The summed E-state index contributed by atoms with van der Waals surface area (Å²) in [4.78, 5) is 25.7. The molecule has 2 amide bonds. The lowest BCUT2D eigenvalue weighted by Gasteiger charge is -2.18. The molecule has 1 aliphatic rings. The van der Waals surface area contributed by atoms with E-state index in [9.17, 15) is 9.59 Å². The number of nitrogens with one attached hydrogen (secondary N) is 2. The third-order valence-electron chi connectivity index (χ3n) is 4.24. The maximum Gasteiger partial charge on any atom is 0.246 e. The molecule has 1 heterocycles. The number of rotatable bonds is 4. The number of anilines is 3. The van der Waals surface area contributed by atoms with Crippen LogP contribution in [0, 0.1) is 0 Å².